The van der Waals surface area contributed by atoms with Crippen molar-refractivity contribution in [2.45, 2.75) is 6.54 Å². The average Bonchev–Trinajstić information content (AvgIpc) is 2.78. The number of aryl methyl sites for hydroxylation is 1. The molecule has 3 rings (SSSR count). The molecule has 20 heavy (non-hydrogen) atoms. The maximum Gasteiger partial charge on any atom is 0.142 e. The minimum absolute atomic E-state index is 0.517. The lowest BCUT2D eigenvalue weighted by molar-refractivity contribution is 0.958. The number of nitrogens with two attached hydrogens (primary N) is 1. The van der Waals surface area contributed by atoms with Gasteiger partial charge in [-0.3, -0.25) is 0 Å². The van der Waals surface area contributed by atoms with Gasteiger partial charge in [0.25, 0.3) is 0 Å². The smallest absolute Gasteiger partial charge is 0.142 e. The van der Waals surface area contributed by atoms with E-state index in [-0.39, 0.29) is 0 Å². The Hall–Kier alpha value is -1.36. The molecule has 0 aliphatic heterocycles. The van der Waals surface area contributed by atoms with E-state index in [1.54, 1.807) is 0 Å². The molecule has 5 heteroatoms. The summed E-state index contributed by atoms with van der Waals surface area (Å²) in [5, 5.41) is 0.693. The van der Waals surface area contributed by atoms with Gasteiger partial charge >= 0.3 is 0 Å². The maximum atomic E-state index is 6.09. The highest BCUT2D eigenvalue weighted by Crippen LogP contribution is 2.32. The lowest BCUT2D eigenvalue weighted by Gasteiger charge is -2.05. The van der Waals surface area contributed by atoms with Gasteiger partial charge in [-0.05, 0) is 35.9 Å². The van der Waals surface area contributed by atoms with Crippen LogP contribution in [-0.2, 0) is 13.6 Å². The van der Waals surface area contributed by atoms with Crippen LogP contribution in [0.3, 0.4) is 0 Å². The van der Waals surface area contributed by atoms with Crippen LogP contribution in [0, 0.1) is 0 Å². The van der Waals surface area contributed by atoms with Gasteiger partial charge in [-0.15, -0.1) is 0 Å². The van der Waals surface area contributed by atoms with Gasteiger partial charge in [-0.2, -0.15) is 0 Å². The minimum Gasteiger partial charge on any atom is -0.327 e. The fraction of sp³-hybridized carbons (Fsp3) is 0.133. The zero-order valence-corrected chi connectivity index (χ0v) is 13.2. The number of rotatable bonds is 2. The van der Waals surface area contributed by atoms with Gasteiger partial charge in [0.1, 0.15) is 5.82 Å². The lowest BCUT2D eigenvalue weighted by Crippen LogP contribution is -1.96. The normalized spacial score (nSPS) is 11.2. The molecule has 0 aliphatic rings. The summed E-state index contributed by atoms with van der Waals surface area (Å²) in [7, 11) is 2.00. The number of hydrogen-bond acceptors (Lipinski definition) is 2. The predicted molar refractivity (Wildman–Crippen MR) is 86.8 cm³/mol. The van der Waals surface area contributed by atoms with Crippen molar-refractivity contribution in [1.82, 2.24) is 9.55 Å². The first-order chi connectivity index (χ1) is 9.60. The highest BCUT2D eigenvalue weighted by Gasteiger charge is 2.13. The van der Waals surface area contributed by atoms with Gasteiger partial charge in [-0.1, -0.05) is 33.6 Å². The molecule has 0 spiro atoms. The summed E-state index contributed by atoms with van der Waals surface area (Å²) in [6.45, 7) is 0.517. The molecule has 0 saturated carbocycles. The number of nitrogens with zero attached hydrogens (tertiary/aromatic N) is 2. The number of fused-ring (bicyclic) bond motifs is 1. The molecule has 0 radical (unpaired) electrons. The standard InChI is InChI=1S/C15H13BrClN3/c1-20-14-5-2-9(8-18)6-13(14)19-15(20)11-7-10(17)3-4-12(11)16/h2-7H,8,18H2,1H3. The fourth-order valence-electron chi connectivity index (χ4n) is 2.28. The molecule has 0 atom stereocenters. The SMILES string of the molecule is Cn1c(-c2cc(Cl)ccc2Br)nc2cc(CN)ccc21. The summed E-state index contributed by atoms with van der Waals surface area (Å²) in [5.41, 5.74) is 9.75. The van der Waals surface area contributed by atoms with Gasteiger partial charge in [0.2, 0.25) is 0 Å². The topological polar surface area (TPSA) is 43.8 Å². The van der Waals surface area contributed by atoms with E-state index in [9.17, 15) is 0 Å². The molecule has 1 aromatic heterocycles. The number of halogens is 2. The summed E-state index contributed by atoms with van der Waals surface area (Å²) in [4.78, 5) is 4.71. The molecule has 0 fully saturated rings. The van der Waals surface area contributed by atoms with Crippen LogP contribution in [0.4, 0.5) is 0 Å². The number of benzene rings is 2. The summed E-state index contributed by atoms with van der Waals surface area (Å²) < 4.78 is 3.03. The third-order valence-electron chi connectivity index (χ3n) is 3.35. The van der Waals surface area contributed by atoms with Gasteiger partial charge in [0.15, 0.2) is 0 Å². The number of imidazole rings is 1. The molecule has 0 saturated heterocycles. The van der Waals surface area contributed by atoms with Crippen LogP contribution < -0.4 is 5.73 Å². The number of aromatic nitrogens is 2. The molecule has 0 unspecified atom stereocenters. The Morgan fingerprint density at radius 2 is 2.05 bits per heavy atom. The first-order valence-electron chi connectivity index (χ1n) is 6.21. The van der Waals surface area contributed by atoms with Crippen LogP contribution in [-0.4, -0.2) is 9.55 Å². The number of hydrogen-bond donors (Lipinski definition) is 1. The Balaban J connectivity index is 2.26. The zero-order chi connectivity index (χ0) is 14.3. The van der Waals surface area contributed by atoms with E-state index in [0.29, 0.717) is 11.6 Å². The van der Waals surface area contributed by atoms with Crippen molar-refractivity contribution in [3.8, 4) is 11.4 Å². The highest BCUT2D eigenvalue weighted by atomic mass is 79.9. The molecule has 2 N–H and O–H groups in total. The summed E-state index contributed by atoms with van der Waals surface area (Å²) in [5.74, 6) is 0.878. The minimum atomic E-state index is 0.517. The fourth-order valence-corrected chi connectivity index (χ4v) is 2.88. The van der Waals surface area contributed by atoms with Crippen LogP contribution in [0.5, 0.6) is 0 Å². The summed E-state index contributed by atoms with van der Waals surface area (Å²) >= 11 is 9.65. The molecule has 3 aromatic rings. The first kappa shape index (κ1) is 13.6. The van der Waals surface area contributed by atoms with E-state index >= 15 is 0 Å². The van der Waals surface area contributed by atoms with Crippen molar-refractivity contribution < 1.29 is 0 Å². The van der Waals surface area contributed by atoms with Crippen molar-refractivity contribution in [3.05, 3.63) is 51.5 Å². The Bertz CT molecular complexity index is 795. The van der Waals surface area contributed by atoms with Gasteiger partial charge in [0, 0.05) is 28.7 Å². The van der Waals surface area contributed by atoms with Crippen LogP contribution in [0.25, 0.3) is 22.4 Å². The maximum absolute atomic E-state index is 6.09. The van der Waals surface area contributed by atoms with Crippen molar-refractivity contribution >= 4 is 38.6 Å². The zero-order valence-electron chi connectivity index (χ0n) is 10.9. The molecular formula is C15H13BrClN3. The Labute approximate surface area is 130 Å². The summed E-state index contributed by atoms with van der Waals surface area (Å²) in [6.07, 6.45) is 0. The molecule has 1 heterocycles. The lowest BCUT2D eigenvalue weighted by atomic mass is 10.2. The second-order valence-electron chi connectivity index (χ2n) is 4.65. The van der Waals surface area contributed by atoms with Crippen LogP contribution in [0.2, 0.25) is 5.02 Å². The highest BCUT2D eigenvalue weighted by molar-refractivity contribution is 9.10. The van der Waals surface area contributed by atoms with Crippen molar-refractivity contribution in [3.63, 3.8) is 0 Å². The van der Waals surface area contributed by atoms with Crippen LogP contribution in [0.15, 0.2) is 40.9 Å². The Morgan fingerprint density at radius 3 is 2.80 bits per heavy atom. The van der Waals surface area contributed by atoms with Crippen LogP contribution in [0.1, 0.15) is 5.56 Å². The molecule has 2 aromatic carbocycles. The molecule has 0 aliphatic carbocycles. The average molecular weight is 351 g/mol. The van der Waals surface area contributed by atoms with E-state index in [0.717, 1.165) is 32.5 Å². The van der Waals surface area contributed by atoms with E-state index in [4.69, 9.17) is 22.3 Å². The van der Waals surface area contributed by atoms with Crippen molar-refractivity contribution in [2.24, 2.45) is 12.8 Å². The third kappa shape index (κ3) is 2.24. The molecular weight excluding hydrogens is 338 g/mol. The predicted octanol–water partition coefficient (Wildman–Crippen LogP) is 4.11. The molecule has 3 nitrogen and oxygen atoms in total. The Morgan fingerprint density at radius 1 is 1.25 bits per heavy atom. The molecule has 102 valence electrons. The monoisotopic (exact) mass is 349 g/mol. The summed E-state index contributed by atoms with van der Waals surface area (Å²) in [6, 6.07) is 11.8. The van der Waals surface area contributed by atoms with E-state index < -0.39 is 0 Å². The third-order valence-corrected chi connectivity index (χ3v) is 4.28. The second kappa shape index (κ2) is 5.20. The van der Waals surface area contributed by atoms with Gasteiger partial charge in [-0.25, -0.2) is 4.98 Å². The van der Waals surface area contributed by atoms with E-state index in [1.165, 1.54) is 0 Å². The van der Waals surface area contributed by atoms with Crippen molar-refractivity contribution in [1.29, 1.82) is 0 Å². The first-order valence-corrected chi connectivity index (χ1v) is 7.38. The quantitative estimate of drug-likeness (QED) is 0.755. The van der Waals surface area contributed by atoms with Gasteiger partial charge < -0.3 is 10.3 Å². The van der Waals surface area contributed by atoms with E-state index in [2.05, 4.69) is 20.5 Å². The second-order valence-corrected chi connectivity index (χ2v) is 5.94. The van der Waals surface area contributed by atoms with Crippen molar-refractivity contribution in [2.75, 3.05) is 0 Å². The largest absolute Gasteiger partial charge is 0.327 e. The van der Waals surface area contributed by atoms with E-state index in [1.807, 2.05) is 43.4 Å². The molecule has 0 bridgehead atoms. The Kier molecular flexibility index (Phi) is 3.54. The molecule has 0 amide bonds. The van der Waals surface area contributed by atoms with Crippen LogP contribution >= 0.6 is 27.5 Å². The van der Waals surface area contributed by atoms with Gasteiger partial charge in [0.05, 0.1) is 11.0 Å².